The number of hydrogen-bond donors (Lipinski definition) is 1. The van der Waals surface area contributed by atoms with Crippen molar-refractivity contribution < 1.29 is 4.39 Å². The number of hydrogen-bond acceptors (Lipinski definition) is 5. The van der Waals surface area contributed by atoms with Crippen LogP contribution in [0.2, 0.25) is 0 Å². The molecule has 0 unspecified atom stereocenters. The van der Waals surface area contributed by atoms with E-state index >= 15 is 0 Å². The number of halogens is 1. The average molecular weight is 286 g/mol. The number of aromatic nitrogens is 3. The first-order chi connectivity index (χ1) is 9.81. The topological polar surface area (TPSA) is 50.7 Å². The Morgan fingerprint density at radius 3 is 2.55 bits per heavy atom. The smallest absolute Gasteiger partial charge is 0.149 e. The van der Waals surface area contributed by atoms with E-state index in [1.165, 1.54) is 12.1 Å². The molecule has 0 radical (unpaired) electrons. The highest BCUT2D eigenvalue weighted by Crippen LogP contribution is 2.17. The fraction of sp³-hybridized carbons (Fsp3) is 0.0714. The molecule has 6 heteroatoms. The normalized spacial score (nSPS) is 10.4. The summed E-state index contributed by atoms with van der Waals surface area (Å²) in [6, 6.07) is 9.88. The van der Waals surface area contributed by atoms with Gasteiger partial charge in [-0.15, -0.1) is 21.5 Å². The number of thiazole rings is 1. The molecule has 3 aromatic rings. The summed E-state index contributed by atoms with van der Waals surface area (Å²) in [4.78, 5) is 4.18. The number of nitrogens with one attached hydrogen (secondary N) is 1. The zero-order valence-corrected chi connectivity index (χ0v) is 11.3. The monoisotopic (exact) mass is 286 g/mol. The lowest BCUT2D eigenvalue weighted by Gasteiger charge is -2.04. The molecule has 0 spiro atoms. The summed E-state index contributed by atoms with van der Waals surface area (Å²) in [5, 5.41) is 13.3. The predicted molar refractivity (Wildman–Crippen MR) is 76.9 cm³/mol. The van der Waals surface area contributed by atoms with Gasteiger partial charge in [-0.3, -0.25) is 0 Å². The molecule has 0 aliphatic carbocycles. The third-order valence-corrected chi connectivity index (χ3v) is 3.37. The lowest BCUT2D eigenvalue weighted by atomic mass is 10.1. The Hall–Kier alpha value is -2.34. The molecule has 0 bridgehead atoms. The van der Waals surface area contributed by atoms with Crippen LogP contribution in [-0.4, -0.2) is 15.2 Å². The van der Waals surface area contributed by atoms with Crippen LogP contribution in [0, 0.1) is 5.82 Å². The van der Waals surface area contributed by atoms with Gasteiger partial charge >= 0.3 is 0 Å². The van der Waals surface area contributed by atoms with Crippen molar-refractivity contribution in [3.8, 4) is 11.3 Å². The van der Waals surface area contributed by atoms with E-state index in [0.717, 1.165) is 11.3 Å². The summed E-state index contributed by atoms with van der Waals surface area (Å²) in [5.74, 6) is 0.423. The van der Waals surface area contributed by atoms with E-state index in [-0.39, 0.29) is 5.82 Å². The maximum absolute atomic E-state index is 12.9. The summed E-state index contributed by atoms with van der Waals surface area (Å²) in [6.45, 7) is 0.619. The van der Waals surface area contributed by atoms with E-state index in [1.54, 1.807) is 29.0 Å². The van der Waals surface area contributed by atoms with Gasteiger partial charge in [0.1, 0.15) is 11.6 Å². The molecule has 0 saturated carbocycles. The van der Waals surface area contributed by atoms with Crippen molar-refractivity contribution in [3.05, 3.63) is 58.8 Å². The summed E-state index contributed by atoms with van der Waals surface area (Å²) in [5.41, 5.74) is 4.31. The van der Waals surface area contributed by atoms with Gasteiger partial charge in [-0.25, -0.2) is 9.37 Å². The van der Waals surface area contributed by atoms with Crippen LogP contribution in [0.4, 0.5) is 10.2 Å². The molecule has 2 aromatic heterocycles. The highest BCUT2D eigenvalue weighted by atomic mass is 32.1. The van der Waals surface area contributed by atoms with Gasteiger partial charge < -0.3 is 5.32 Å². The summed E-state index contributed by atoms with van der Waals surface area (Å²) >= 11 is 1.56. The maximum atomic E-state index is 12.9. The molecule has 2 heterocycles. The molecule has 0 amide bonds. The minimum atomic E-state index is -0.261. The molecule has 3 rings (SSSR count). The molecular formula is C14H11FN4S. The van der Waals surface area contributed by atoms with Crippen LogP contribution >= 0.6 is 11.3 Å². The Morgan fingerprint density at radius 1 is 1.05 bits per heavy atom. The van der Waals surface area contributed by atoms with Gasteiger partial charge in [0.2, 0.25) is 0 Å². The van der Waals surface area contributed by atoms with Crippen LogP contribution in [0.15, 0.2) is 47.3 Å². The van der Waals surface area contributed by atoms with E-state index in [9.17, 15) is 4.39 Å². The maximum Gasteiger partial charge on any atom is 0.149 e. The van der Waals surface area contributed by atoms with Crippen LogP contribution in [0.1, 0.15) is 5.69 Å². The summed E-state index contributed by atoms with van der Waals surface area (Å²) in [7, 11) is 0. The predicted octanol–water partition coefficient (Wildman–Crippen LogP) is 3.35. The minimum Gasteiger partial charge on any atom is -0.363 e. The van der Waals surface area contributed by atoms with Gasteiger partial charge in [-0.2, -0.15) is 0 Å². The lowest BCUT2D eigenvalue weighted by Crippen LogP contribution is -2.02. The van der Waals surface area contributed by atoms with Crippen molar-refractivity contribution >= 4 is 17.2 Å². The zero-order valence-electron chi connectivity index (χ0n) is 10.5. The first-order valence-electron chi connectivity index (χ1n) is 6.02. The zero-order chi connectivity index (χ0) is 13.8. The first kappa shape index (κ1) is 12.7. The van der Waals surface area contributed by atoms with Crippen molar-refractivity contribution in [1.29, 1.82) is 0 Å². The molecule has 0 saturated heterocycles. The van der Waals surface area contributed by atoms with Crippen molar-refractivity contribution in [2.75, 3.05) is 5.32 Å². The van der Waals surface area contributed by atoms with Crippen molar-refractivity contribution in [2.45, 2.75) is 6.54 Å². The fourth-order valence-electron chi connectivity index (χ4n) is 1.71. The Kier molecular flexibility index (Phi) is 3.64. The molecule has 0 aliphatic heterocycles. The molecule has 0 fully saturated rings. The van der Waals surface area contributed by atoms with Crippen LogP contribution in [-0.2, 0) is 6.54 Å². The highest BCUT2D eigenvalue weighted by Gasteiger charge is 2.02. The van der Waals surface area contributed by atoms with Crippen molar-refractivity contribution in [1.82, 2.24) is 15.2 Å². The second-order valence-corrected chi connectivity index (χ2v) is 4.86. The fourth-order valence-corrected chi connectivity index (χ4v) is 2.27. The third kappa shape index (κ3) is 2.97. The quantitative estimate of drug-likeness (QED) is 0.799. The number of rotatable bonds is 4. The molecular weight excluding hydrogens is 275 g/mol. The van der Waals surface area contributed by atoms with E-state index in [0.29, 0.717) is 18.1 Å². The average Bonchev–Trinajstić information content (AvgIpc) is 3.00. The highest BCUT2D eigenvalue weighted by molar-refractivity contribution is 7.07. The van der Waals surface area contributed by atoms with Crippen LogP contribution in [0.5, 0.6) is 0 Å². The van der Waals surface area contributed by atoms with Gasteiger partial charge in [-0.1, -0.05) is 0 Å². The van der Waals surface area contributed by atoms with Crippen LogP contribution in [0.3, 0.4) is 0 Å². The van der Waals surface area contributed by atoms with Gasteiger partial charge in [0.15, 0.2) is 0 Å². The van der Waals surface area contributed by atoms with Crippen LogP contribution < -0.4 is 5.32 Å². The van der Waals surface area contributed by atoms with Gasteiger partial charge in [0.25, 0.3) is 0 Å². The summed E-state index contributed by atoms with van der Waals surface area (Å²) in [6.07, 6.45) is 0. The molecule has 0 aliphatic rings. The van der Waals surface area contributed by atoms with Gasteiger partial charge in [0, 0.05) is 10.9 Å². The van der Waals surface area contributed by atoms with Crippen LogP contribution in [0.25, 0.3) is 11.3 Å². The van der Waals surface area contributed by atoms with E-state index in [2.05, 4.69) is 20.5 Å². The third-order valence-electron chi connectivity index (χ3n) is 2.74. The first-order valence-corrected chi connectivity index (χ1v) is 6.96. The van der Waals surface area contributed by atoms with Gasteiger partial charge in [-0.05, 0) is 36.4 Å². The molecule has 20 heavy (non-hydrogen) atoms. The Labute approximate surface area is 119 Å². The second-order valence-electron chi connectivity index (χ2n) is 4.14. The molecule has 4 nitrogen and oxygen atoms in total. The van der Waals surface area contributed by atoms with E-state index in [1.807, 2.05) is 17.5 Å². The molecule has 1 N–H and O–H groups in total. The molecule has 1 aromatic carbocycles. The molecule has 0 atom stereocenters. The lowest BCUT2D eigenvalue weighted by molar-refractivity contribution is 0.628. The van der Waals surface area contributed by atoms with Crippen molar-refractivity contribution in [2.24, 2.45) is 0 Å². The largest absolute Gasteiger partial charge is 0.363 e. The molecule has 100 valence electrons. The van der Waals surface area contributed by atoms with Crippen molar-refractivity contribution in [3.63, 3.8) is 0 Å². The minimum absolute atomic E-state index is 0.261. The standard InChI is InChI=1S/C14H11FN4S/c15-11-3-1-10(2-4-11)13-5-6-14(19-18-13)16-7-12-8-20-9-17-12/h1-6,8-9H,7H2,(H,16,19). The number of nitrogens with zero attached hydrogens (tertiary/aromatic N) is 3. The second kappa shape index (κ2) is 5.75. The Morgan fingerprint density at radius 2 is 1.90 bits per heavy atom. The number of benzene rings is 1. The van der Waals surface area contributed by atoms with E-state index < -0.39 is 0 Å². The summed E-state index contributed by atoms with van der Waals surface area (Å²) < 4.78 is 12.9. The van der Waals surface area contributed by atoms with Gasteiger partial charge in [0.05, 0.1) is 23.4 Å². The Bertz CT molecular complexity index is 665. The SMILES string of the molecule is Fc1ccc(-c2ccc(NCc3cscn3)nn2)cc1. The Balaban J connectivity index is 1.69. The number of anilines is 1. The van der Waals surface area contributed by atoms with E-state index in [4.69, 9.17) is 0 Å².